The molecule has 1 aromatic carbocycles. The number of ether oxygens (including phenoxy) is 1. The Morgan fingerprint density at radius 1 is 1.26 bits per heavy atom. The van der Waals surface area contributed by atoms with Crippen molar-refractivity contribution in [2.45, 2.75) is 39.2 Å². The summed E-state index contributed by atoms with van der Waals surface area (Å²) in [4.78, 5) is 14.1. The van der Waals surface area contributed by atoms with Crippen molar-refractivity contribution >= 4 is 5.91 Å². The molecule has 1 fully saturated rings. The van der Waals surface area contributed by atoms with Crippen molar-refractivity contribution in [3.05, 3.63) is 35.9 Å². The molecule has 0 aromatic heterocycles. The number of rotatable bonds is 7. The number of piperidine rings is 1. The maximum Gasteiger partial charge on any atom is 0.224 e. The highest BCUT2D eigenvalue weighted by atomic mass is 16.5. The first kappa shape index (κ1) is 18.0. The van der Waals surface area contributed by atoms with Gasteiger partial charge in [0.2, 0.25) is 5.91 Å². The molecule has 0 spiro atoms. The van der Waals surface area contributed by atoms with Crippen molar-refractivity contribution in [2.75, 3.05) is 26.3 Å². The van der Waals surface area contributed by atoms with E-state index in [-0.39, 0.29) is 11.8 Å². The molecule has 1 unspecified atom stereocenters. The lowest BCUT2D eigenvalue weighted by atomic mass is 9.87. The SMILES string of the molecule is CC(C)COCCC(=O)N1CCC(C(O)c2ccccc2)CC1. The van der Waals surface area contributed by atoms with Crippen LogP contribution >= 0.6 is 0 Å². The lowest BCUT2D eigenvalue weighted by Gasteiger charge is -2.34. The number of aliphatic hydroxyl groups excluding tert-OH is 1. The Bertz CT molecular complexity index is 467. The number of carbonyl (C=O) groups is 1. The van der Waals surface area contributed by atoms with Crippen LogP contribution in [0.4, 0.5) is 0 Å². The minimum Gasteiger partial charge on any atom is -0.388 e. The van der Waals surface area contributed by atoms with E-state index in [4.69, 9.17) is 4.74 Å². The van der Waals surface area contributed by atoms with E-state index in [0.717, 1.165) is 31.5 Å². The summed E-state index contributed by atoms with van der Waals surface area (Å²) < 4.78 is 5.49. The average molecular weight is 319 g/mol. The van der Waals surface area contributed by atoms with Gasteiger partial charge in [-0.3, -0.25) is 4.79 Å². The van der Waals surface area contributed by atoms with Crippen LogP contribution < -0.4 is 0 Å². The molecule has 1 aliphatic heterocycles. The van der Waals surface area contributed by atoms with Gasteiger partial charge in [0.25, 0.3) is 0 Å². The molecule has 4 heteroatoms. The van der Waals surface area contributed by atoms with E-state index in [1.807, 2.05) is 35.2 Å². The topological polar surface area (TPSA) is 49.8 Å². The minimum atomic E-state index is -0.428. The van der Waals surface area contributed by atoms with Crippen LogP contribution in [0.3, 0.4) is 0 Å². The Labute approximate surface area is 139 Å². The van der Waals surface area contributed by atoms with Gasteiger partial charge in [0.1, 0.15) is 0 Å². The molecule has 0 radical (unpaired) electrons. The lowest BCUT2D eigenvalue weighted by Crippen LogP contribution is -2.40. The number of hydrogen-bond donors (Lipinski definition) is 1. The summed E-state index contributed by atoms with van der Waals surface area (Å²) in [5, 5.41) is 10.5. The zero-order valence-corrected chi connectivity index (χ0v) is 14.3. The number of amides is 1. The molecule has 0 saturated carbocycles. The molecule has 1 saturated heterocycles. The second-order valence-electron chi connectivity index (χ2n) is 6.79. The second-order valence-corrected chi connectivity index (χ2v) is 6.79. The van der Waals surface area contributed by atoms with Gasteiger partial charge >= 0.3 is 0 Å². The summed E-state index contributed by atoms with van der Waals surface area (Å²) in [6, 6.07) is 9.80. The van der Waals surface area contributed by atoms with E-state index in [1.165, 1.54) is 0 Å². The molecule has 1 atom stereocenters. The van der Waals surface area contributed by atoms with Crippen LogP contribution in [-0.4, -0.2) is 42.2 Å². The maximum atomic E-state index is 12.2. The van der Waals surface area contributed by atoms with Crippen molar-refractivity contribution in [1.29, 1.82) is 0 Å². The molecule has 1 aliphatic rings. The average Bonchev–Trinajstić information content (AvgIpc) is 2.58. The molecular formula is C19H29NO3. The maximum absolute atomic E-state index is 12.2. The number of hydrogen-bond acceptors (Lipinski definition) is 3. The summed E-state index contributed by atoms with van der Waals surface area (Å²) in [5.41, 5.74) is 0.972. The van der Waals surface area contributed by atoms with E-state index in [1.54, 1.807) is 0 Å². The summed E-state index contributed by atoms with van der Waals surface area (Å²) in [6.45, 7) is 6.88. The molecule has 23 heavy (non-hydrogen) atoms. The third-order valence-electron chi connectivity index (χ3n) is 4.39. The fourth-order valence-corrected chi connectivity index (χ4v) is 3.02. The van der Waals surface area contributed by atoms with E-state index in [0.29, 0.717) is 25.6 Å². The van der Waals surface area contributed by atoms with Gasteiger partial charge in [-0.1, -0.05) is 44.2 Å². The van der Waals surface area contributed by atoms with Gasteiger partial charge in [0, 0.05) is 19.7 Å². The molecule has 1 N–H and O–H groups in total. The zero-order valence-electron chi connectivity index (χ0n) is 14.3. The number of benzene rings is 1. The van der Waals surface area contributed by atoms with E-state index < -0.39 is 6.10 Å². The van der Waals surface area contributed by atoms with Gasteiger partial charge in [0.15, 0.2) is 0 Å². The minimum absolute atomic E-state index is 0.168. The van der Waals surface area contributed by atoms with Gasteiger partial charge < -0.3 is 14.7 Å². The first-order valence-corrected chi connectivity index (χ1v) is 8.66. The number of nitrogens with zero attached hydrogens (tertiary/aromatic N) is 1. The summed E-state index contributed by atoms with van der Waals surface area (Å²) in [6.07, 6.45) is 1.74. The monoisotopic (exact) mass is 319 g/mol. The van der Waals surface area contributed by atoms with E-state index in [9.17, 15) is 9.90 Å². The van der Waals surface area contributed by atoms with E-state index in [2.05, 4.69) is 13.8 Å². The van der Waals surface area contributed by atoms with Crippen molar-refractivity contribution in [2.24, 2.45) is 11.8 Å². The highest BCUT2D eigenvalue weighted by Crippen LogP contribution is 2.30. The quantitative estimate of drug-likeness (QED) is 0.786. The largest absolute Gasteiger partial charge is 0.388 e. The summed E-state index contributed by atoms with van der Waals surface area (Å²) >= 11 is 0. The van der Waals surface area contributed by atoms with Gasteiger partial charge in [0.05, 0.1) is 19.1 Å². The Balaban J connectivity index is 1.72. The standard InChI is InChI=1S/C19H29NO3/c1-15(2)14-23-13-10-18(21)20-11-8-17(9-12-20)19(22)16-6-4-3-5-7-16/h3-7,15,17,19,22H,8-14H2,1-2H3. The fourth-order valence-electron chi connectivity index (χ4n) is 3.02. The molecule has 1 amide bonds. The normalized spacial score (nSPS) is 17.5. The second kappa shape index (κ2) is 9.04. The first-order chi connectivity index (χ1) is 11.1. The van der Waals surface area contributed by atoms with Crippen LogP contribution in [0.5, 0.6) is 0 Å². The highest BCUT2D eigenvalue weighted by Gasteiger charge is 2.27. The molecule has 128 valence electrons. The van der Waals surface area contributed by atoms with Crippen LogP contribution in [0.2, 0.25) is 0 Å². The molecule has 1 heterocycles. The number of carbonyl (C=O) groups excluding carboxylic acids is 1. The molecule has 2 rings (SSSR count). The molecule has 0 bridgehead atoms. The summed E-state index contributed by atoms with van der Waals surface area (Å²) in [5.74, 6) is 0.903. The Morgan fingerprint density at radius 2 is 1.91 bits per heavy atom. The Hall–Kier alpha value is -1.39. The van der Waals surface area contributed by atoms with Crippen molar-refractivity contribution in [1.82, 2.24) is 4.90 Å². The third-order valence-corrected chi connectivity index (χ3v) is 4.39. The lowest BCUT2D eigenvalue weighted by molar-refractivity contribution is -0.134. The smallest absolute Gasteiger partial charge is 0.224 e. The van der Waals surface area contributed by atoms with E-state index >= 15 is 0 Å². The molecular weight excluding hydrogens is 290 g/mol. The molecule has 1 aromatic rings. The predicted molar refractivity (Wildman–Crippen MR) is 91.0 cm³/mol. The Kier molecular flexibility index (Phi) is 7.06. The van der Waals surface area contributed by atoms with Crippen LogP contribution in [0.15, 0.2) is 30.3 Å². The van der Waals surface area contributed by atoms with Crippen molar-refractivity contribution in [3.8, 4) is 0 Å². The van der Waals surface area contributed by atoms with Gasteiger partial charge in [-0.05, 0) is 30.2 Å². The predicted octanol–water partition coefficient (Wildman–Crippen LogP) is 3.02. The first-order valence-electron chi connectivity index (χ1n) is 8.66. The number of aliphatic hydroxyl groups is 1. The van der Waals surface area contributed by atoms with Crippen LogP contribution in [0.1, 0.15) is 44.8 Å². The number of likely N-dealkylation sites (tertiary alicyclic amines) is 1. The van der Waals surface area contributed by atoms with Gasteiger partial charge in [-0.15, -0.1) is 0 Å². The fraction of sp³-hybridized carbons (Fsp3) is 0.632. The van der Waals surface area contributed by atoms with Crippen LogP contribution in [0.25, 0.3) is 0 Å². The Morgan fingerprint density at radius 3 is 2.52 bits per heavy atom. The van der Waals surface area contributed by atoms with Crippen molar-refractivity contribution in [3.63, 3.8) is 0 Å². The molecule has 4 nitrogen and oxygen atoms in total. The van der Waals surface area contributed by atoms with Crippen molar-refractivity contribution < 1.29 is 14.6 Å². The molecule has 0 aliphatic carbocycles. The van der Waals surface area contributed by atoms with Gasteiger partial charge in [-0.25, -0.2) is 0 Å². The van der Waals surface area contributed by atoms with Crippen LogP contribution in [-0.2, 0) is 9.53 Å². The van der Waals surface area contributed by atoms with Crippen LogP contribution in [0, 0.1) is 11.8 Å². The van der Waals surface area contributed by atoms with Gasteiger partial charge in [-0.2, -0.15) is 0 Å². The zero-order chi connectivity index (χ0) is 16.7. The summed E-state index contributed by atoms with van der Waals surface area (Å²) in [7, 11) is 0. The third kappa shape index (κ3) is 5.63. The highest BCUT2D eigenvalue weighted by molar-refractivity contribution is 5.76.